The number of allylic oxidation sites excluding steroid dienone is 2. The SMILES string of the molecule is O=C(O)C1C2C=CC(C2)C1C(=O)N1CCCC1CCCO. The van der Waals surface area contributed by atoms with Gasteiger partial charge in [0.15, 0.2) is 0 Å². The second-order valence-corrected chi connectivity index (χ2v) is 6.53. The van der Waals surface area contributed by atoms with Gasteiger partial charge < -0.3 is 15.1 Å². The Balaban J connectivity index is 1.75. The summed E-state index contributed by atoms with van der Waals surface area (Å²) in [6, 6.07) is 0.183. The van der Waals surface area contributed by atoms with Crippen LogP contribution >= 0.6 is 0 Å². The molecule has 2 aliphatic carbocycles. The van der Waals surface area contributed by atoms with Gasteiger partial charge in [0.1, 0.15) is 0 Å². The molecule has 1 aliphatic heterocycles. The zero-order chi connectivity index (χ0) is 15.0. The summed E-state index contributed by atoms with van der Waals surface area (Å²) in [6.45, 7) is 0.881. The van der Waals surface area contributed by atoms with Gasteiger partial charge in [-0.1, -0.05) is 12.2 Å². The van der Waals surface area contributed by atoms with Crippen LogP contribution < -0.4 is 0 Å². The maximum Gasteiger partial charge on any atom is 0.307 e. The van der Waals surface area contributed by atoms with Crippen molar-refractivity contribution in [3.63, 3.8) is 0 Å². The number of rotatable bonds is 5. The van der Waals surface area contributed by atoms with E-state index in [9.17, 15) is 14.7 Å². The topological polar surface area (TPSA) is 77.8 Å². The summed E-state index contributed by atoms with van der Waals surface area (Å²) < 4.78 is 0. The first-order chi connectivity index (χ1) is 10.1. The first kappa shape index (κ1) is 14.6. The van der Waals surface area contributed by atoms with E-state index in [-0.39, 0.29) is 36.3 Å². The van der Waals surface area contributed by atoms with Gasteiger partial charge in [-0.2, -0.15) is 0 Å². The lowest BCUT2D eigenvalue weighted by Gasteiger charge is -2.32. The van der Waals surface area contributed by atoms with Crippen molar-refractivity contribution in [1.29, 1.82) is 0 Å². The van der Waals surface area contributed by atoms with Crippen LogP contribution in [0.15, 0.2) is 12.2 Å². The maximum absolute atomic E-state index is 12.9. The molecule has 3 rings (SSSR count). The Morgan fingerprint density at radius 3 is 2.57 bits per heavy atom. The van der Waals surface area contributed by atoms with Crippen LogP contribution in [0.4, 0.5) is 0 Å². The molecule has 5 atom stereocenters. The number of hydrogen-bond donors (Lipinski definition) is 2. The lowest BCUT2D eigenvalue weighted by molar-refractivity contribution is -0.151. The lowest BCUT2D eigenvalue weighted by Crippen LogP contribution is -2.45. The molecule has 0 aromatic carbocycles. The first-order valence-electron chi connectivity index (χ1n) is 7.96. The highest BCUT2D eigenvalue weighted by Gasteiger charge is 2.53. The molecule has 0 radical (unpaired) electrons. The second-order valence-electron chi connectivity index (χ2n) is 6.53. The second kappa shape index (κ2) is 5.79. The average Bonchev–Trinajstić information content (AvgIpc) is 3.18. The van der Waals surface area contributed by atoms with Crippen molar-refractivity contribution < 1.29 is 19.8 Å². The van der Waals surface area contributed by atoms with E-state index in [1.54, 1.807) is 0 Å². The summed E-state index contributed by atoms with van der Waals surface area (Å²) >= 11 is 0. The molecule has 0 aromatic heterocycles. The van der Waals surface area contributed by atoms with Crippen LogP contribution in [-0.4, -0.2) is 46.2 Å². The molecule has 3 aliphatic rings. The molecule has 21 heavy (non-hydrogen) atoms. The first-order valence-corrected chi connectivity index (χ1v) is 7.96. The minimum atomic E-state index is -0.837. The number of likely N-dealkylation sites (tertiary alicyclic amines) is 1. The number of carbonyl (C=O) groups excluding carboxylic acids is 1. The number of amides is 1. The quantitative estimate of drug-likeness (QED) is 0.748. The molecule has 116 valence electrons. The highest BCUT2D eigenvalue weighted by atomic mass is 16.4. The minimum Gasteiger partial charge on any atom is -0.481 e. The summed E-state index contributed by atoms with van der Waals surface area (Å²) in [5.74, 6) is -1.61. The number of nitrogens with zero attached hydrogens (tertiary/aromatic N) is 1. The lowest BCUT2D eigenvalue weighted by atomic mass is 9.82. The predicted octanol–water partition coefficient (Wildman–Crippen LogP) is 1.27. The average molecular weight is 293 g/mol. The Labute approximate surface area is 124 Å². The molecule has 1 heterocycles. The molecule has 5 heteroatoms. The van der Waals surface area contributed by atoms with Crippen LogP contribution in [0.1, 0.15) is 32.1 Å². The summed E-state index contributed by atoms with van der Waals surface area (Å²) in [5, 5.41) is 18.4. The highest BCUT2D eigenvalue weighted by molar-refractivity contribution is 5.87. The van der Waals surface area contributed by atoms with Crippen LogP contribution in [0.5, 0.6) is 0 Å². The normalized spacial score (nSPS) is 37.4. The summed E-state index contributed by atoms with van der Waals surface area (Å²) in [7, 11) is 0. The number of fused-ring (bicyclic) bond motifs is 2. The van der Waals surface area contributed by atoms with Gasteiger partial charge in [-0.15, -0.1) is 0 Å². The zero-order valence-electron chi connectivity index (χ0n) is 12.1. The third-order valence-electron chi connectivity index (χ3n) is 5.39. The molecule has 5 nitrogen and oxygen atoms in total. The van der Waals surface area contributed by atoms with Crippen molar-refractivity contribution in [1.82, 2.24) is 4.90 Å². The minimum absolute atomic E-state index is 0.0275. The Kier molecular flexibility index (Phi) is 4.02. The van der Waals surface area contributed by atoms with Crippen molar-refractivity contribution in [3.05, 3.63) is 12.2 Å². The van der Waals surface area contributed by atoms with Crippen LogP contribution in [0.3, 0.4) is 0 Å². The Hall–Kier alpha value is -1.36. The molecule has 2 bridgehead atoms. The van der Waals surface area contributed by atoms with Gasteiger partial charge in [0.25, 0.3) is 0 Å². The fourth-order valence-electron chi connectivity index (χ4n) is 4.44. The number of aliphatic hydroxyl groups is 1. The fraction of sp³-hybridized carbons (Fsp3) is 0.750. The van der Waals surface area contributed by atoms with Gasteiger partial charge in [0.2, 0.25) is 5.91 Å². The summed E-state index contributed by atoms with van der Waals surface area (Å²) in [5.41, 5.74) is 0. The van der Waals surface area contributed by atoms with Gasteiger partial charge in [-0.05, 0) is 43.9 Å². The largest absolute Gasteiger partial charge is 0.481 e. The van der Waals surface area contributed by atoms with Crippen molar-refractivity contribution in [2.75, 3.05) is 13.2 Å². The van der Waals surface area contributed by atoms with E-state index in [0.717, 1.165) is 32.2 Å². The number of hydrogen-bond acceptors (Lipinski definition) is 3. The maximum atomic E-state index is 12.9. The molecular weight excluding hydrogens is 270 g/mol. The van der Waals surface area contributed by atoms with Gasteiger partial charge in [0, 0.05) is 19.2 Å². The van der Waals surface area contributed by atoms with E-state index in [1.165, 1.54) is 0 Å². The Morgan fingerprint density at radius 2 is 1.90 bits per heavy atom. The molecule has 1 amide bonds. The van der Waals surface area contributed by atoms with Gasteiger partial charge in [-0.25, -0.2) is 0 Å². The van der Waals surface area contributed by atoms with E-state index in [4.69, 9.17) is 5.11 Å². The summed E-state index contributed by atoms with van der Waals surface area (Å²) in [6.07, 6.45) is 8.29. The summed E-state index contributed by atoms with van der Waals surface area (Å²) in [4.78, 5) is 26.3. The van der Waals surface area contributed by atoms with Crippen molar-refractivity contribution >= 4 is 11.9 Å². The number of aliphatic carboxylic acids is 1. The zero-order valence-corrected chi connectivity index (χ0v) is 12.1. The number of carboxylic acids is 1. The number of aliphatic hydroxyl groups excluding tert-OH is 1. The number of carboxylic acid groups (broad SMARTS) is 1. The monoisotopic (exact) mass is 293 g/mol. The van der Waals surface area contributed by atoms with E-state index < -0.39 is 11.9 Å². The fourth-order valence-corrected chi connectivity index (χ4v) is 4.44. The van der Waals surface area contributed by atoms with Crippen molar-refractivity contribution in [2.45, 2.75) is 38.1 Å². The molecule has 1 saturated carbocycles. The smallest absolute Gasteiger partial charge is 0.307 e. The van der Waals surface area contributed by atoms with Crippen molar-refractivity contribution in [3.8, 4) is 0 Å². The molecule has 2 N–H and O–H groups in total. The van der Waals surface area contributed by atoms with E-state index in [0.29, 0.717) is 6.42 Å². The van der Waals surface area contributed by atoms with E-state index in [1.807, 2.05) is 17.1 Å². The molecule has 0 aromatic rings. The van der Waals surface area contributed by atoms with Gasteiger partial charge in [0.05, 0.1) is 11.8 Å². The van der Waals surface area contributed by atoms with Crippen LogP contribution in [-0.2, 0) is 9.59 Å². The van der Waals surface area contributed by atoms with Gasteiger partial charge in [-0.3, -0.25) is 9.59 Å². The molecule has 5 unspecified atom stereocenters. The highest BCUT2D eigenvalue weighted by Crippen LogP contribution is 2.49. The Bertz CT molecular complexity index is 461. The molecule has 0 spiro atoms. The van der Waals surface area contributed by atoms with Crippen LogP contribution in [0.2, 0.25) is 0 Å². The third-order valence-corrected chi connectivity index (χ3v) is 5.39. The van der Waals surface area contributed by atoms with E-state index >= 15 is 0 Å². The molecular formula is C16H23NO4. The number of carbonyl (C=O) groups is 2. The van der Waals surface area contributed by atoms with E-state index in [2.05, 4.69) is 0 Å². The standard InChI is InChI=1S/C16H23NO4/c18-8-2-4-12-3-1-7-17(12)15(19)13-10-5-6-11(9-10)14(13)16(20)21/h5-6,10-14,18H,1-4,7-9H2,(H,20,21). The van der Waals surface area contributed by atoms with Gasteiger partial charge >= 0.3 is 5.97 Å². The Morgan fingerprint density at radius 1 is 1.19 bits per heavy atom. The third kappa shape index (κ3) is 2.48. The molecule has 1 saturated heterocycles. The van der Waals surface area contributed by atoms with Crippen LogP contribution in [0, 0.1) is 23.7 Å². The predicted molar refractivity (Wildman–Crippen MR) is 76.4 cm³/mol. The van der Waals surface area contributed by atoms with Crippen LogP contribution in [0.25, 0.3) is 0 Å². The van der Waals surface area contributed by atoms with Crippen molar-refractivity contribution in [2.24, 2.45) is 23.7 Å². The molecule has 2 fully saturated rings.